The number of benzene rings is 3. The molecule has 1 fully saturated rings. The number of halogens is 2. The van der Waals surface area contributed by atoms with Crippen molar-refractivity contribution in [1.29, 1.82) is 0 Å². The molecule has 0 saturated heterocycles. The third-order valence-corrected chi connectivity index (χ3v) is 8.30. The molecule has 3 aromatic carbocycles. The Morgan fingerprint density at radius 1 is 0.975 bits per heavy atom. The van der Waals surface area contributed by atoms with Crippen molar-refractivity contribution in [2.45, 2.75) is 71.8 Å². The topological polar surface area (TPSA) is 44.8 Å². The Hall–Kier alpha value is -3.41. The van der Waals surface area contributed by atoms with Gasteiger partial charge in [-0.1, -0.05) is 39.3 Å². The van der Waals surface area contributed by atoms with Crippen LogP contribution in [0.1, 0.15) is 75.5 Å². The van der Waals surface area contributed by atoms with Gasteiger partial charge in [0.25, 0.3) is 0 Å². The van der Waals surface area contributed by atoms with Crippen LogP contribution in [0.4, 0.5) is 8.78 Å². The van der Waals surface area contributed by atoms with Crippen molar-refractivity contribution in [1.82, 2.24) is 0 Å². The molecule has 0 heterocycles. The highest BCUT2D eigenvalue weighted by Gasteiger charge is 2.37. The molecule has 0 bridgehead atoms. The molecule has 0 radical (unpaired) electrons. The fourth-order valence-corrected chi connectivity index (χ4v) is 5.81. The Morgan fingerprint density at radius 3 is 2.35 bits per heavy atom. The molecule has 0 N–H and O–H groups in total. The first kappa shape index (κ1) is 29.6. The average molecular weight is 551 g/mol. The summed E-state index contributed by atoms with van der Waals surface area (Å²) in [6.45, 7) is 6.57. The standard InChI is InChI=1S/C34H40F2O4/c1-22(17-33(37)39-5)8-9-23-10-12-25(13-11-23)40-21-24-18-28(30-7-6-16-34(30,2)3)27(20-32(24)36)29-19-26(38-4)14-15-31(29)35/h10-15,18-20,22,30H,6-9,16-17,21H2,1-5H3/t22-,30-/m0/s1. The molecule has 3 aromatic rings. The largest absolute Gasteiger partial charge is 0.497 e. The van der Waals surface area contributed by atoms with E-state index in [0.29, 0.717) is 34.6 Å². The Balaban J connectivity index is 1.54. The van der Waals surface area contributed by atoms with Crippen molar-refractivity contribution in [3.05, 3.63) is 82.9 Å². The van der Waals surface area contributed by atoms with Crippen molar-refractivity contribution in [3.63, 3.8) is 0 Å². The second-order valence-corrected chi connectivity index (χ2v) is 11.7. The number of carbonyl (C=O) groups is 1. The van der Waals surface area contributed by atoms with Crippen LogP contribution in [0.2, 0.25) is 0 Å². The van der Waals surface area contributed by atoms with Crippen LogP contribution >= 0.6 is 0 Å². The second-order valence-electron chi connectivity index (χ2n) is 11.7. The molecule has 40 heavy (non-hydrogen) atoms. The van der Waals surface area contributed by atoms with E-state index < -0.39 is 11.6 Å². The van der Waals surface area contributed by atoms with E-state index in [0.717, 1.165) is 43.2 Å². The number of aryl methyl sites for hydroxylation is 1. The number of carbonyl (C=O) groups excluding carboxylic acids is 1. The van der Waals surface area contributed by atoms with E-state index in [1.165, 1.54) is 26.4 Å². The molecule has 2 atom stereocenters. The third kappa shape index (κ3) is 7.01. The predicted molar refractivity (Wildman–Crippen MR) is 154 cm³/mol. The van der Waals surface area contributed by atoms with Crippen molar-refractivity contribution < 1.29 is 27.8 Å². The molecule has 0 amide bonds. The Labute approximate surface area is 236 Å². The summed E-state index contributed by atoms with van der Waals surface area (Å²) in [6.07, 6.45) is 5.24. The summed E-state index contributed by atoms with van der Waals surface area (Å²) in [4.78, 5) is 11.5. The van der Waals surface area contributed by atoms with E-state index in [-0.39, 0.29) is 29.8 Å². The SMILES string of the molecule is COC(=O)C[C@@H](C)CCc1ccc(OCc2cc([C@@H]3CCCC3(C)C)c(-c3cc(OC)ccc3F)cc2F)cc1. The van der Waals surface area contributed by atoms with Gasteiger partial charge in [-0.3, -0.25) is 4.79 Å². The maximum Gasteiger partial charge on any atom is 0.305 e. The quantitative estimate of drug-likeness (QED) is 0.224. The van der Waals surface area contributed by atoms with Crippen molar-refractivity contribution in [2.75, 3.05) is 14.2 Å². The van der Waals surface area contributed by atoms with Crippen LogP contribution in [0.5, 0.6) is 11.5 Å². The van der Waals surface area contributed by atoms with Crippen LogP contribution in [-0.4, -0.2) is 20.2 Å². The van der Waals surface area contributed by atoms with Crippen LogP contribution in [0.25, 0.3) is 11.1 Å². The van der Waals surface area contributed by atoms with Crippen molar-refractivity contribution >= 4 is 5.97 Å². The zero-order valence-corrected chi connectivity index (χ0v) is 24.2. The molecule has 1 saturated carbocycles. The maximum atomic E-state index is 15.5. The van der Waals surface area contributed by atoms with Crippen LogP contribution in [0.15, 0.2) is 54.6 Å². The zero-order valence-electron chi connectivity index (χ0n) is 24.2. The number of esters is 1. The monoisotopic (exact) mass is 550 g/mol. The van der Waals surface area contributed by atoms with Gasteiger partial charge in [-0.2, -0.15) is 0 Å². The molecule has 4 rings (SSSR count). The average Bonchev–Trinajstić information content (AvgIpc) is 3.30. The van der Waals surface area contributed by atoms with Crippen LogP contribution in [-0.2, 0) is 22.6 Å². The third-order valence-electron chi connectivity index (χ3n) is 8.30. The highest BCUT2D eigenvalue weighted by molar-refractivity contribution is 5.71. The molecule has 4 nitrogen and oxygen atoms in total. The van der Waals surface area contributed by atoms with Crippen LogP contribution < -0.4 is 9.47 Å². The van der Waals surface area contributed by atoms with Gasteiger partial charge in [0.05, 0.1) is 14.2 Å². The molecule has 1 aliphatic rings. The van der Waals surface area contributed by atoms with Crippen molar-refractivity contribution in [2.24, 2.45) is 11.3 Å². The fraction of sp³-hybridized carbons (Fsp3) is 0.441. The molecular weight excluding hydrogens is 510 g/mol. The van der Waals surface area contributed by atoms with Gasteiger partial charge < -0.3 is 14.2 Å². The summed E-state index contributed by atoms with van der Waals surface area (Å²) < 4.78 is 46.6. The number of methoxy groups -OCH3 is 2. The van der Waals surface area contributed by atoms with Gasteiger partial charge in [-0.05, 0) is 102 Å². The predicted octanol–water partition coefficient (Wildman–Crippen LogP) is 8.64. The number of hydrogen-bond acceptors (Lipinski definition) is 4. The van der Waals surface area contributed by atoms with E-state index in [4.69, 9.17) is 14.2 Å². The Morgan fingerprint density at radius 2 is 1.70 bits per heavy atom. The van der Waals surface area contributed by atoms with E-state index in [2.05, 4.69) is 13.8 Å². The number of rotatable bonds is 11. The van der Waals surface area contributed by atoms with E-state index >= 15 is 8.78 Å². The van der Waals surface area contributed by atoms with E-state index in [1.807, 2.05) is 37.3 Å². The molecule has 0 aliphatic heterocycles. The Kier molecular flexibility index (Phi) is 9.49. The lowest BCUT2D eigenvalue weighted by atomic mass is 9.75. The molecule has 214 valence electrons. The van der Waals surface area contributed by atoms with Gasteiger partial charge in [-0.15, -0.1) is 0 Å². The fourth-order valence-electron chi connectivity index (χ4n) is 5.81. The summed E-state index contributed by atoms with van der Waals surface area (Å²) in [7, 11) is 2.95. The minimum Gasteiger partial charge on any atom is -0.497 e. The van der Waals surface area contributed by atoms with Crippen molar-refractivity contribution in [3.8, 4) is 22.6 Å². The molecule has 1 aliphatic carbocycles. The summed E-state index contributed by atoms with van der Waals surface area (Å²) in [6, 6.07) is 15.7. The first-order valence-corrected chi connectivity index (χ1v) is 14.1. The second kappa shape index (κ2) is 12.8. The minimum atomic E-state index is -0.423. The molecule has 0 spiro atoms. The smallest absolute Gasteiger partial charge is 0.305 e. The Bertz CT molecular complexity index is 1320. The normalized spacial score (nSPS) is 16.9. The molecule has 0 unspecified atom stereocenters. The van der Waals surface area contributed by atoms with Gasteiger partial charge in [0.2, 0.25) is 0 Å². The number of hydrogen-bond donors (Lipinski definition) is 0. The summed E-state index contributed by atoms with van der Waals surface area (Å²) in [5.41, 5.74) is 3.48. The first-order chi connectivity index (χ1) is 19.1. The molecule has 0 aromatic heterocycles. The highest BCUT2D eigenvalue weighted by Crippen LogP contribution is 2.51. The zero-order chi connectivity index (χ0) is 28.9. The van der Waals surface area contributed by atoms with Gasteiger partial charge in [0, 0.05) is 17.5 Å². The van der Waals surface area contributed by atoms with E-state index in [1.54, 1.807) is 12.1 Å². The molecule has 6 heteroatoms. The van der Waals surface area contributed by atoms with Crippen LogP contribution in [0.3, 0.4) is 0 Å². The van der Waals surface area contributed by atoms with Gasteiger partial charge in [0.1, 0.15) is 29.7 Å². The van der Waals surface area contributed by atoms with Gasteiger partial charge >= 0.3 is 5.97 Å². The number of ether oxygens (including phenoxy) is 3. The summed E-state index contributed by atoms with van der Waals surface area (Å²) in [5.74, 6) is 0.574. The lowest BCUT2D eigenvalue weighted by Gasteiger charge is -2.30. The minimum absolute atomic E-state index is 0.0181. The lowest BCUT2D eigenvalue weighted by Crippen LogP contribution is -2.17. The lowest BCUT2D eigenvalue weighted by molar-refractivity contribution is -0.141. The molecular formula is C34H40F2O4. The maximum absolute atomic E-state index is 15.5. The first-order valence-electron chi connectivity index (χ1n) is 14.1. The van der Waals surface area contributed by atoms with Crippen LogP contribution in [0, 0.1) is 23.0 Å². The van der Waals surface area contributed by atoms with Gasteiger partial charge in [-0.25, -0.2) is 8.78 Å². The van der Waals surface area contributed by atoms with Gasteiger partial charge in [0.15, 0.2) is 0 Å². The van der Waals surface area contributed by atoms with E-state index in [9.17, 15) is 4.79 Å². The summed E-state index contributed by atoms with van der Waals surface area (Å²) >= 11 is 0. The summed E-state index contributed by atoms with van der Waals surface area (Å²) in [5, 5.41) is 0. The highest BCUT2D eigenvalue weighted by atomic mass is 19.1.